The van der Waals surface area contributed by atoms with Gasteiger partial charge in [0, 0.05) is 12.3 Å². The summed E-state index contributed by atoms with van der Waals surface area (Å²) in [5.41, 5.74) is 0. The highest BCUT2D eigenvalue weighted by atomic mass is 32.2. The highest BCUT2D eigenvalue weighted by molar-refractivity contribution is 7.99. The molecule has 1 fully saturated rings. The molecule has 84 valence electrons. The molecular formula is C12H19NOS. The standard InChI is InChI=1S/C12H19NOS/c1-10-2-5-12(14-10)8-13-6-7-15-9-11-3-4-11/h2,5,11,13H,3-4,6-9H2,1H3. The molecule has 1 saturated carbocycles. The average molecular weight is 225 g/mol. The maximum atomic E-state index is 5.47. The molecule has 1 heterocycles. The average Bonchev–Trinajstić information content (AvgIpc) is 2.95. The minimum Gasteiger partial charge on any atom is -0.465 e. The predicted molar refractivity (Wildman–Crippen MR) is 65.2 cm³/mol. The summed E-state index contributed by atoms with van der Waals surface area (Å²) in [5.74, 6) is 5.66. The van der Waals surface area contributed by atoms with Gasteiger partial charge in [-0.2, -0.15) is 11.8 Å². The lowest BCUT2D eigenvalue weighted by molar-refractivity contribution is 0.466. The molecule has 0 aliphatic heterocycles. The predicted octanol–water partition coefficient (Wildman–Crippen LogP) is 2.82. The van der Waals surface area contributed by atoms with E-state index in [1.165, 1.54) is 24.3 Å². The van der Waals surface area contributed by atoms with Crippen LogP contribution >= 0.6 is 11.8 Å². The van der Waals surface area contributed by atoms with Crippen LogP contribution in [0, 0.1) is 12.8 Å². The fourth-order valence-electron chi connectivity index (χ4n) is 1.47. The Hall–Kier alpha value is -0.410. The molecule has 0 amide bonds. The fraction of sp³-hybridized carbons (Fsp3) is 0.667. The van der Waals surface area contributed by atoms with E-state index in [2.05, 4.69) is 17.1 Å². The van der Waals surface area contributed by atoms with E-state index in [0.29, 0.717) is 0 Å². The molecule has 0 unspecified atom stereocenters. The van der Waals surface area contributed by atoms with Crippen LogP contribution in [0.3, 0.4) is 0 Å². The molecule has 2 rings (SSSR count). The maximum absolute atomic E-state index is 5.47. The van der Waals surface area contributed by atoms with Crippen molar-refractivity contribution in [1.82, 2.24) is 5.32 Å². The third-order valence-corrected chi connectivity index (χ3v) is 3.77. The molecule has 0 saturated heterocycles. The molecular weight excluding hydrogens is 206 g/mol. The molecule has 1 aliphatic rings. The minimum atomic E-state index is 0.859. The van der Waals surface area contributed by atoms with Crippen LogP contribution in [0.1, 0.15) is 24.4 Å². The first kappa shape index (κ1) is 11.1. The van der Waals surface area contributed by atoms with Gasteiger partial charge in [-0.25, -0.2) is 0 Å². The molecule has 3 heteroatoms. The molecule has 0 radical (unpaired) electrons. The SMILES string of the molecule is Cc1ccc(CNCCSCC2CC2)o1. The smallest absolute Gasteiger partial charge is 0.117 e. The van der Waals surface area contributed by atoms with Crippen molar-refractivity contribution in [3.8, 4) is 0 Å². The second kappa shape index (κ2) is 5.61. The Morgan fingerprint density at radius 2 is 2.33 bits per heavy atom. The molecule has 0 atom stereocenters. The monoisotopic (exact) mass is 225 g/mol. The van der Waals surface area contributed by atoms with Gasteiger partial charge in [0.05, 0.1) is 6.54 Å². The molecule has 1 N–H and O–H groups in total. The van der Waals surface area contributed by atoms with Gasteiger partial charge in [-0.05, 0) is 43.6 Å². The van der Waals surface area contributed by atoms with Gasteiger partial charge in [0.2, 0.25) is 0 Å². The van der Waals surface area contributed by atoms with Gasteiger partial charge in [-0.3, -0.25) is 0 Å². The number of furan rings is 1. The number of thioether (sulfide) groups is 1. The van der Waals surface area contributed by atoms with Crippen molar-refractivity contribution in [3.63, 3.8) is 0 Å². The van der Waals surface area contributed by atoms with E-state index >= 15 is 0 Å². The lowest BCUT2D eigenvalue weighted by Crippen LogP contribution is -2.16. The van der Waals surface area contributed by atoms with E-state index in [0.717, 1.165) is 30.5 Å². The second-order valence-electron chi connectivity index (χ2n) is 4.21. The maximum Gasteiger partial charge on any atom is 0.117 e. The third kappa shape index (κ3) is 4.31. The van der Waals surface area contributed by atoms with Gasteiger partial charge in [0.15, 0.2) is 0 Å². The molecule has 1 aromatic heterocycles. The van der Waals surface area contributed by atoms with Crippen LogP contribution in [0.25, 0.3) is 0 Å². The fourth-order valence-corrected chi connectivity index (χ4v) is 2.59. The Balaban J connectivity index is 1.47. The summed E-state index contributed by atoms with van der Waals surface area (Å²) in [5, 5.41) is 3.39. The molecule has 0 bridgehead atoms. The van der Waals surface area contributed by atoms with E-state index in [9.17, 15) is 0 Å². The third-order valence-electron chi connectivity index (χ3n) is 2.57. The summed E-state index contributed by atoms with van der Waals surface area (Å²) in [4.78, 5) is 0. The number of hydrogen-bond donors (Lipinski definition) is 1. The van der Waals surface area contributed by atoms with E-state index < -0.39 is 0 Å². The summed E-state index contributed by atoms with van der Waals surface area (Å²) in [7, 11) is 0. The highest BCUT2D eigenvalue weighted by Crippen LogP contribution is 2.32. The second-order valence-corrected chi connectivity index (χ2v) is 5.36. The van der Waals surface area contributed by atoms with Gasteiger partial charge < -0.3 is 9.73 Å². The lowest BCUT2D eigenvalue weighted by atomic mass is 10.4. The van der Waals surface area contributed by atoms with Gasteiger partial charge >= 0.3 is 0 Å². The number of rotatable bonds is 7. The van der Waals surface area contributed by atoms with E-state index in [-0.39, 0.29) is 0 Å². The Morgan fingerprint density at radius 3 is 3.00 bits per heavy atom. The van der Waals surface area contributed by atoms with Crippen LogP contribution in [-0.4, -0.2) is 18.1 Å². The first-order valence-corrected chi connectivity index (χ1v) is 6.84. The zero-order valence-corrected chi connectivity index (χ0v) is 10.1. The number of nitrogens with one attached hydrogen (secondary N) is 1. The normalized spacial score (nSPS) is 15.8. The van der Waals surface area contributed by atoms with E-state index in [1.54, 1.807) is 0 Å². The van der Waals surface area contributed by atoms with Crippen LogP contribution < -0.4 is 5.32 Å². The Morgan fingerprint density at radius 1 is 1.47 bits per heavy atom. The van der Waals surface area contributed by atoms with Crippen molar-refractivity contribution in [2.45, 2.75) is 26.3 Å². The molecule has 1 aliphatic carbocycles. The van der Waals surface area contributed by atoms with Gasteiger partial charge in [0.25, 0.3) is 0 Å². The molecule has 1 aromatic rings. The number of aryl methyl sites for hydroxylation is 1. The van der Waals surface area contributed by atoms with Crippen molar-refractivity contribution in [1.29, 1.82) is 0 Å². The van der Waals surface area contributed by atoms with E-state index in [4.69, 9.17) is 4.42 Å². The van der Waals surface area contributed by atoms with Crippen molar-refractivity contribution in [2.24, 2.45) is 5.92 Å². The van der Waals surface area contributed by atoms with Crippen LogP contribution in [0.5, 0.6) is 0 Å². The van der Waals surface area contributed by atoms with Crippen LogP contribution in [0.4, 0.5) is 0 Å². The van der Waals surface area contributed by atoms with Crippen LogP contribution in [0.2, 0.25) is 0 Å². The largest absolute Gasteiger partial charge is 0.465 e. The summed E-state index contributed by atoms with van der Waals surface area (Å²) in [6.45, 7) is 3.92. The van der Waals surface area contributed by atoms with Crippen molar-refractivity contribution < 1.29 is 4.42 Å². The topological polar surface area (TPSA) is 25.2 Å². The van der Waals surface area contributed by atoms with Crippen LogP contribution in [0.15, 0.2) is 16.5 Å². The first-order valence-electron chi connectivity index (χ1n) is 5.68. The quantitative estimate of drug-likeness (QED) is 0.722. The van der Waals surface area contributed by atoms with Crippen molar-refractivity contribution >= 4 is 11.8 Å². The van der Waals surface area contributed by atoms with Gasteiger partial charge in [0.1, 0.15) is 11.5 Å². The molecule has 15 heavy (non-hydrogen) atoms. The van der Waals surface area contributed by atoms with E-state index in [1.807, 2.05) is 19.1 Å². The Kier molecular flexibility index (Phi) is 4.15. The van der Waals surface area contributed by atoms with Crippen molar-refractivity contribution in [3.05, 3.63) is 23.7 Å². The summed E-state index contributed by atoms with van der Waals surface area (Å²) >= 11 is 2.07. The minimum absolute atomic E-state index is 0.859. The summed E-state index contributed by atoms with van der Waals surface area (Å²) in [6.07, 6.45) is 2.93. The molecule has 2 nitrogen and oxygen atoms in total. The van der Waals surface area contributed by atoms with Gasteiger partial charge in [-0.1, -0.05) is 0 Å². The summed E-state index contributed by atoms with van der Waals surface area (Å²) in [6, 6.07) is 4.05. The zero-order valence-electron chi connectivity index (χ0n) is 9.29. The molecule has 0 aromatic carbocycles. The Labute approximate surface area is 95.8 Å². The van der Waals surface area contributed by atoms with Gasteiger partial charge in [-0.15, -0.1) is 0 Å². The molecule has 0 spiro atoms. The number of hydrogen-bond acceptors (Lipinski definition) is 3. The lowest BCUT2D eigenvalue weighted by Gasteiger charge is -2.02. The zero-order chi connectivity index (χ0) is 10.5. The van der Waals surface area contributed by atoms with Crippen molar-refractivity contribution in [2.75, 3.05) is 18.1 Å². The highest BCUT2D eigenvalue weighted by Gasteiger charge is 2.20. The van der Waals surface area contributed by atoms with Crippen LogP contribution in [-0.2, 0) is 6.54 Å². The Bertz CT molecular complexity index is 294. The summed E-state index contributed by atoms with van der Waals surface area (Å²) < 4.78 is 5.47. The first-order chi connectivity index (χ1) is 7.34.